The maximum Gasteiger partial charge on any atom is 0.309 e. The van der Waals surface area contributed by atoms with Crippen molar-refractivity contribution in [3.63, 3.8) is 0 Å². The van der Waals surface area contributed by atoms with E-state index in [-0.39, 0.29) is 12.1 Å². The Bertz CT molecular complexity index is 392. The van der Waals surface area contributed by atoms with Gasteiger partial charge in [0, 0.05) is 12.1 Å². The molecule has 4 heteroatoms. The van der Waals surface area contributed by atoms with Crippen LogP contribution in [-0.4, -0.2) is 23.9 Å². The van der Waals surface area contributed by atoms with Crippen molar-refractivity contribution in [2.24, 2.45) is 11.3 Å². The smallest absolute Gasteiger partial charge is 0.309 e. The molecule has 0 heterocycles. The van der Waals surface area contributed by atoms with E-state index in [4.69, 9.17) is 0 Å². The predicted octanol–water partition coefficient (Wildman–Crippen LogP) is 3.16. The summed E-state index contributed by atoms with van der Waals surface area (Å²) in [7, 11) is 0. The molecular weight excluding hydrogens is 276 g/mol. The van der Waals surface area contributed by atoms with Crippen molar-refractivity contribution in [3.05, 3.63) is 0 Å². The zero-order chi connectivity index (χ0) is 16.2. The van der Waals surface area contributed by atoms with Crippen LogP contribution < -0.4 is 10.6 Å². The highest BCUT2D eigenvalue weighted by atomic mass is 16.2. The van der Waals surface area contributed by atoms with Crippen molar-refractivity contribution < 1.29 is 9.59 Å². The number of nitrogens with one attached hydrogen (secondary N) is 2. The molecule has 0 radical (unpaired) electrons. The van der Waals surface area contributed by atoms with Crippen molar-refractivity contribution >= 4 is 11.8 Å². The van der Waals surface area contributed by atoms with Gasteiger partial charge in [-0.1, -0.05) is 40.0 Å². The topological polar surface area (TPSA) is 58.2 Å². The molecule has 2 N–H and O–H groups in total. The maximum absolute atomic E-state index is 12.0. The molecule has 0 saturated heterocycles. The Hall–Kier alpha value is -1.06. The molecule has 2 fully saturated rings. The number of amides is 2. The summed E-state index contributed by atoms with van der Waals surface area (Å²) in [5, 5.41) is 5.79. The Morgan fingerprint density at radius 1 is 0.864 bits per heavy atom. The summed E-state index contributed by atoms with van der Waals surface area (Å²) in [6, 6.07) is 0.380. The van der Waals surface area contributed by atoms with E-state index in [1.54, 1.807) is 0 Å². The van der Waals surface area contributed by atoms with Gasteiger partial charge in [0.05, 0.1) is 0 Å². The van der Waals surface area contributed by atoms with E-state index in [9.17, 15) is 9.59 Å². The summed E-state index contributed by atoms with van der Waals surface area (Å²) < 4.78 is 0. The van der Waals surface area contributed by atoms with E-state index in [1.165, 1.54) is 6.42 Å². The van der Waals surface area contributed by atoms with Crippen molar-refractivity contribution in [2.45, 2.75) is 90.6 Å². The third kappa shape index (κ3) is 4.47. The fourth-order valence-corrected chi connectivity index (χ4v) is 3.88. The van der Waals surface area contributed by atoms with Crippen LogP contribution in [0.15, 0.2) is 0 Å². The van der Waals surface area contributed by atoms with Crippen LogP contribution in [0.3, 0.4) is 0 Å². The fraction of sp³-hybridized carbons (Fsp3) is 0.889. The third-order valence-electron chi connectivity index (χ3n) is 5.98. The first kappa shape index (κ1) is 17.3. The molecule has 22 heavy (non-hydrogen) atoms. The largest absolute Gasteiger partial charge is 0.345 e. The number of hydrogen-bond donors (Lipinski definition) is 2. The molecule has 0 aromatic heterocycles. The zero-order valence-electron chi connectivity index (χ0n) is 14.4. The first-order valence-electron chi connectivity index (χ1n) is 9.03. The quantitative estimate of drug-likeness (QED) is 0.784. The molecule has 0 aliphatic heterocycles. The summed E-state index contributed by atoms with van der Waals surface area (Å²) in [5.41, 5.74) is 0.384. The van der Waals surface area contributed by atoms with Gasteiger partial charge in [-0.15, -0.1) is 0 Å². The van der Waals surface area contributed by atoms with E-state index in [2.05, 4.69) is 31.4 Å². The third-order valence-corrected chi connectivity index (χ3v) is 5.98. The van der Waals surface area contributed by atoms with Crippen LogP contribution in [0.2, 0.25) is 0 Å². The van der Waals surface area contributed by atoms with Crippen LogP contribution in [0.1, 0.15) is 78.6 Å². The summed E-state index contributed by atoms with van der Waals surface area (Å²) in [4.78, 5) is 23.9. The summed E-state index contributed by atoms with van der Waals surface area (Å²) in [5.74, 6) is -0.147. The van der Waals surface area contributed by atoms with Gasteiger partial charge in [-0.3, -0.25) is 9.59 Å². The fourth-order valence-electron chi connectivity index (χ4n) is 3.88. The average molecular weight is 308 g/mol. The second-order valence-corrected chi connectivity index (χ2v) is 7.82. The lowest BCUT2D eigenvalue weighted by Gasteiger charge is -2.39. The van der Waals surface area contributed by atoms with Crippen LogP contribution >= 0.6 is 0 Å². The molecule has 2 aliphatic carbocycles. The van der Waals surface area contributed by atoms with Crippen molar-refractivity contribution in [3.8, 4) is 0 Å². The average Bonchev–Trinajstić information content (AvgIpc) is 3.00. The van der Waals surface area contributed by atoms with Crippen molar-refractivity contribution in [2.75, 3.05) is 0 Å². The van der Waals surface area contributed by atoms with E-state index in [1.807, 2.05) is 0 Å². The Morgan fingerprint density at radius 2 is 1.32 bits per heavy atom. The first-order valence-corrected chi connectivity index (χ1v) is 9.03. The highest BCUT2D eigenvalue weighted by Gasteiger charge is 2.33. The van der Waals surface area contributed by atoms with Crippen LogP contribution in [0.25, 0.3) is 0 Å². The molecule has 0 aromatic rings. The van der Waals surface area contributed by atoms with Gasteiger partial charge < -0.3 is 10.6 Å². The van der Waals surface area contributed by atoms with E-state index in [0.29, 0.717) is 5.41 Å². The highest BCUT2D eigenvalue weighted by molar-refractivity contribution is 6.35. The Morgan fingerprint density at radius 3 is 1.77 bits per heavy atom. The maximum atomic E-state index is 12.0. The van der Waals surface area contributed by atoms with E-state index in [0.717, 1.165) is 57.3 Å². The molecule has 0 spiro atoms. The Balaban J connectivity index is 1.73. The molecule has 2 rings (SSSR count). The number of hydrogen-bond acceptors (Lipinski definition) is 2. The number of rotatable bonds is 4. The minimum atomic E-state index is -0.442. The zero-order valence-corrected chi connectivity index (χ0v) is 14.4. The van der Waals surface area contributed by atoms with Gasteiger partial charge >= 0.3 is 11.8 Å². The summed E-state index contributed by atoms with van der Waals surface area (Å²) >= 11 is 0. The molecule has 0 unspecified atom stereocenters. The van der Waals surface area contributed by atoms with Gasteiger partial charge in [-0.05, 0) is 49.9 Å². The Labute approximate surface area is 134 Å². The van der Waals surface area contributed by atoms with Crippen molar-refractivity contribution in [1.82, 2.24) is 10.6 Å². The van der Waals surface area contributed by atoms with E-state index < -0.39 is 11.8 Å². The van der Waals surface area contributed by atoms with Crippen LogP contribution in [0, 0.1) is 11.3 Å². The van der Waals surface area contributed by atoms with Gasteiger partial charge in [0.2, 0.25) is 0 Å². The summed E-state index contributed by atoms with van der Waals surface area (Å²) in [6.07, 6.45) is 9.82. The number of carbonyl (C=O) groups is 2. The van der Waals surface area contributed by atoms with E-state index >= 15 is 0 Å². The highest BCUT2D eigenvalue weighted by Crippen LogP contribution is 2.40. The van der Waals surface area contributed by atoms with Gasteiger partial charge in [0.15, 0.2) is 0 Å². The minimum absolute atomic E-state index is 0.172. The Kier molecular flexibility index (Phi) is 5.87. The van der Waals surface area contributed by atoms with Crippen LogP contribution in [0.5, 0.6) is 0 Å². The van der Waals surface area contributed by atoms with Gasteiger partial charge in [0.25, 0.3) is 0 Å². The molecule has 2 saturated carbocycles. The molecule has 126 valence electrons. The second kappa shape index (κ2) is 7.47. The number of carbonyl (C=O) groups excluding carboxylic acids is 2. The molecule has 4 nitrogen and oxygen atoms in total. The second-order valence-electron chi connectivity index (χ2n) is 7.82. The predicted molar refractivity (Wildman–Crippen MR) is 88.4 cm³/mol. The van der Waals surface area contributed by atoms with Crippen molar-refractivity contribution in [1.29, 1.82) is 0 Å². The standard InChI is InChI=1S/C18H32N2O2/c1-4-18(2,3)13-9-11-15(12-10-13)20-17(22)16(21)19-14-7-5-6-8-14/h13-15H,4-12H2,1-3H3,(H,19,21)(H,20,22). The minimum Gasteiger partial charge on any atom is -0.345 e. The molecule has 2 aliphatic rings. The lowest BCUT2D eigenvalue weighted by Crippen LogP contribution is -2.48. The lowest BCUT2D eigenvalue weighted by molar-refractivity contribution is -0.140. The molecule has 0 aromatic carbocycles. The van der Waals surface area contributed by atoms with Crippen LogP contribution in [0.4, 0.5) is 0 Å². The molecule has 0 bridgehead atoms. The molecule has 0 atom stereocenters. The van der Waals surface area contributed by atoms with Gasteiger partial charge in [-0.2, -0.15) is 0 Å². The lowest BCUT2D eigenvalue weighted by atomic mass is 9.69. The first-order chi connectivity index (χ1) is 10.4. The molecule has 2 amide bonds. The monoisotopic (exact) mass is 308 g/mol. The summed E-state index contributed by atoms with van der Waals surface area (Å²) in [6.45, 7) is 6.93. The SMILES string of the molecule is CCC(C)(C)C1CCC(NC(=O)C(=O)NC2CCCC2)CC1. The van der Waals surface area contributed by atoms with Gasteiger partial charge in [-0.25, -0.2) is 0 Å². The molecular formula is C18H32N2O2. The normalized spacial score (nSPS) is 26.7. The van der Waals surface area contributed by atoms with Crippen LogP contribution in [-0.2, 0) is 9.59 Å². The van der Waals surface area contributed by atoms with Gasteiger partial charge in [0.1, 0.15) is 0 Å².